The Kier molecular flexibility index (Phi) is 5.75. The summed E-state index contributed by atoms with van der Waals surface area (Å²) in [7, 11) is 0. The lowest BCUT2D eigenvalue weighted by Gasteiger charge is -2.17. The number of nitrogens with one attached hydrogen (secondary N) is 1. The average molecular weight is 329 g/mol. The molecule has 3 N–H and O–H groups in total. The van der Waals surface area contributed by atoms with E-state index in [4.69, 9.17) is 16.9 Å². The summed E-state index contributed by atoms with van der Waals surface area (Å²) >= 11 is 6.00. The fourth-order valence-corrected chi connectivity index (χ4v) is 2.56. The maximum absolute atomic E-state index is 12.3. The highest BCUT2D eigenvalue weighted by atomic mass is 35.5. The van der Waals surface area contributed by atoms with E-state index in [1.807, 2.05) is 43.4 Å². The van der Waals surface area contributed by atoms with Crippen LogP contribution in [0.5, 0.6) is 0 Å². The van der Waals surface area contributed by atoms with Crippen LogP contribution in [-0.2, 0) is 4.79 Å². The minimum absolute atomic E-state index is 0.0978. The highest BCUT2D eigenvalue weighted by Gasteiger charge is 2.21. The maximum atomic E-state index is 12.3. The predicted octanol–water partition coefficient (Wildman–Crippen LogP) is 2.86. The zero-order chi connectivity index (χ0) is 16.8. The summed E-state index contributed by atoms with van der Waals surface area (Å²) in [6.07, 6.45) is 0. The summed E-state index contributed by atoms with van der Waals surface area (Å²) in [5.74, 6) is -0.137. The Morgan fingerprint density at radius 2 is 1.96 bits per heavy atom. The SMILES string of the molecule is C[C@@H]([NH2+][C@H](C)c1cccc(Cl)c1)C(=O)Nc1ccccc1C#N. The number of hydrogen-bond acceptors (Lipinski definition) is 2. The van der Waals surface area contributed by atoms with Crippen molar-refractivity contribution >= 4 is 23.2 Å². The summed E-state index contributed by atoms with van der Waals surface area (Å²) in [6, 6.07) is 16.5. The molecule has 118 valence electrons. The Hall–Kier alpha value is -2.35. The molecule has 0 aliphatic heterocycles. The quantitative estimate of drug-likeness (QED) is 0.886. The van der Waals surface area contributed by atoms with E-state index in [1.54, 1.807) is 24.3 Å². The molecule has 23 heavy (non-hydrogen) atoms. The van der Waals surface area contributed by atoms with Gasteiger partial charge in [-0.25, -0.2) is 0 Å². The molecule has 0 unspecified atom stereocenters. The number of rotatable bonds is 5. The van der Waals surface area contributed by atoms with Crippen molar-refractivity contribution in [3.8, 4) is 6.07 Å². The van der Waals surface area contributed by atoms with Crippen LogP contribution in [0.2, 0.25) is 5.02 Å². The van der Waals surface area contributed by atoms with Crippen molar-refractivity contribution in [3.63, 3.8) is 0 Å². The Morgan fingerprint density at radius 3 is 2.65 bits per heavy atom. The lowest BCUT2D eigenvalue weighted by atomic mass is 10.1. The summed E-state index contributed by atoms with van der Waals surface area (Å²) < 4.78 is 0. The molecule has 0 bridgehead atoms. The fraction of sp³-hybridized carbons (Fsp3) is 0.222. The molecule has 0 fully saturated rings. The van der Waals surface area contributed by atoms with Gasteiger partial charge in [0, 0.05) is 10.6 Å². The van der Waals surface area contributed by atoms with E-state index in [0.29, 0.717) is 16.3 Å². The third-order valence-corrected chi connectivity index (χ3v) is 3.91. The first-order chi connectivity index (χ1) is 11.0. The Bertz CT molecular complexity index is 739. The van der Waals surface area contributed by atoms with Crippen molar-refractivity contribution in [2.45, 2.75) is 25.9 Å². The van der Waals surface area contributed by atoms with E-state index in [-0.39, 0.29) is 18.0 Å². The van der Waals surface area contributed by atoms with Gasteiger partial charge in [0.15, 0.2) is 6.04 Å². The van der Waals surface area contributed by atoms with Crippen molar-refractivity contribution < 1.29 is 10.1 Å². The first-order valence-electron chi connectivity index (χ1n) is 7.41. The van der Waals surface area contributed by atoms with E-state index in [1.165, 1.54) is 0 Å². The third kappa shape index (κ3) is 4.56. The number of nitrogens with zero attached hydrogens (tertiary/aromatic N) is 1. The molecule has 2 atom stereocenters. The van der Waals surface area contributed by atoms with Gasteiger partial charge in [0.1, 0.15) is 12.1 Å². The summed E-state index contributed by atoms with van der Waals surface area (Å²) in [4.78, 5) is 12.3. The van der Waals surface area contributed by atoms with Crippen LogP contribution in [-0.4, -0.2) is 11.9 Å². The van der Waals surface area contributed by atoms with Crippen LogP contribution >= 0.6 is 11.6 Å². The normalized spacial score (nSPS) is 13.0. The molecule has 5 heteroatoms. The number of para-hydroxylation sites is 1. The van der Waals surface area contributed by atoms with E-state index in [9.17, 15) is 4.79 Å². The van der Waals surface area contributed by atoms with Gasteiger partial charge in [-0.15, -0.1) is 0 Å². The van der Waals surface area contributed by atoms with Gasteiger partial charge in [-0.05, 0) is 38.1 Å². The number of amides is 1. The zero-order valence-electron chi connectivity index (χ0n) is 13.1. The number of hydrogen-bond donors (Lipinski definition) is 2. The second-order valence-electron chi connectivity index (χ2n) is 5.47. The average Bonchev–Trinajstić information content (AvgIpc) is 2.55. The lowest BCUT2D eigenvalue weighted by Crippen LogP contribution is -2.91. The number of halogens is 1. The largest absolute Gasteiger partial charge is 0.330 e. The monoisotopic (exact) mass is 328 g/mol. The Labute approximate surface area is 141 Å². The molecule has 0 saturated carbocycles. The smallest absolute Gasteiger partial charge is 0.282 e. The van der Waals surface area contributed by atoms with Crippen LogP contribution in [0.3, 0.4) is 0 Å². The summed E-state index contributed by atoms with van der Waals surface area (Å²) in [6.45, 7) is 3.87. The molecule has 0 aromatic heterocycles. The molecule has 0 radical (unpaired) electrons. The second kappa shape index (κ2) is 7.77. The van der Waals surface area contributed by atoms with Crippen molar-refractivity contribution in [1.82, 2.24) is 0 Å². The topological polar surface area (TPSA) is 69.5 Å². The third-order valence-electron chi connectivity index (χ3n) is 3.67. The number of nitrogens with two attached hydrogens (primary N) is 1. The highest BCUT2D eigenvalue weighted by Crippen LogP contribution is 2.16. The zero-order valence-corrected chi connectivity index (χ0v) is 13.8. The minimum atomic E-state index is -0.296. The van der Waals surface area contributed by atoms with Crippen molar-refractivity contribution in [1.29, 1.82) is 5.26 Å². The van der Waals surface area contributed by atoms with Gasteiger partial charge in [-0.1, -0.05) is 35.9 Å². The van der Waals surface area contributed by atoms with E-state index < -0.39 is 0 Å². The van der Waals surface area contributed by atoms with Crippen molar-refractivity contribution in [3.05, 3.63) is 64.7 Å². The molecule has 0 saturated heterocycles. The predicted molar refractivity (Wildman–Crippen MR) is 91.0 cm³/mol. The summed E-state index contributed by atoms with van der Waals surface area (Å²) in [5, 5.41) is 14.5. The summed E-state index contributed by atoms with van der Waals surface area (Å²) in [5.41, 5.74) is 2.06. The number of carbonyl (C=O) groups is 1. The van der Waals surface area contributed by atoms with Crippen LogP contribution in [0.15, 0.2) is 48.5 Å². The number of anilines is 1. The number of quaternary nitrogens is 1. The highest BCUT2D eigenvalue weighted by molar-refractivity contribution is 6.30. The van der Waals surface area contributed by atoms with Crippen LogP contribution in [0.1, 0.15) is 31.0 Å². The number of benzene rings is 2. The molecular weight excluding hydrogens is 310 g/mol. The maximum Gasteiger partial charge on any atom is 0.282 e. The van der Waals surface area contributed by atoms with Gasteiger partial charge in [0.2, 0.25) is 0 Å². The van der Waals surface area contributed by atoms with Crippen molar-refractivity contribution in [2.75, 3.05) is 5.32 Å². The van der Waals surface area contributed by atoms with Gasteiger partial charge < -0.3 is 10.6 Å². The first-order valence-corrected chi connectivity index (χ1v) is 7.79. The number of nitriles is 1. The molecule has 2 aromatic carbocycles. The standard InChI is InChI=1S/C18H18ClN3O/c1-12(14-7-5-8-16(19)10-14)21-13(2)18(23)22-17-9-4-3-6-15(17)11-20/h3-10,12-13,21H,1-2H3,(H,22,23)/p+1/t12-,13-/m1/s1. The minimum Gasteiger partial charge on any atom is -0.330 e. The van der Waals surface area contributed by atoms with E-state index >= 15 is 0 Å². The molecule has 4 nitrogen and oxygen atoms in total. The van der Waals surface area contributed by atoms with Gasteiger partial charge in [-0.2, -0.15) is 5.26 Å². The van der Waals surface area contributed by atoms with E-state index in [0.717, 1.165) is 5.56 Å². The van der Waals surface area contributed by atoms with Gasteiger partial charge in [0.05, 0.1) is 11.3 Å². The van der Waals surface area contributed by atoms with Gasteiger partial charge >= 0.3 is 0 Å². The van der Waals surface area contributed by atoms with E-state index in [2.05, 4.69) is 11.4 Å². The number of carbonyl (C=O) groups excluding carboxylic acids is 1. The lowest BCUT2D eigenvalue weighted by molar-refractivity contribution is -0.709. The van der Waals surface area contributed by atoms with Gasteiger partial charge in [-0.3, -0.25) is 4.79 Å². The molecule has 0 spiro atoms. The molecular formula is C18H19ClN3O+. The fourth-order valence-electron chi connectivity index (χ4n) is 2.36. The molecule has 1 amide bonds. The Balaban J connectivity index is 2.01. The van der Waals surface area contributed by atoms with Crippen LogP contribution < -0.4 is 10.6 Å². The molecule has 0 aliphatic rings. The van der Waals surface area contributed by atoms with Crippen LogP contribution in [0, 0.1) is 11.3 Å². The molecule has 0 aliphatic carbocycles. The first kappa shape index (κ1) is 17.0. The molecule has 2 rings (SSSR count). The Morgan fingerprint density at radius 1 is 1.22 bits per heavy atom. The van der Waals surface area contributed by atoms with Crippen LogP contribution in [0.25, 0.3) is 0 Å². The van der Waals surface area contributed by atoms with Crippen molar-refractivity contribution in [2.24, 2.45) is 0 Å². The second-order valence-corrected chi connectivity index (χ2v) is 5.91. The van der Waals surface area contributed by atoms with Gasteiger partial charge in [0.25, 0.3) is 5.91 Å². The molecule has 0 heterocycles. The molecule has 2 aromatic rings. The van der Waals surface area contributed by atoms with Crippen LogP contribution in [0.4, 0.5) is 5.69 Å².